The van der Waals surface area contributed by atoms with E-state index in [1.807, 2.05) is 24.0 Å². The number of rotatable bonds is 8. The average molecular weight is 814 g/mol. The molecule has 2 N–H and O–H groups in total. The van der Waals surface area contributed by atoms with E-state index in [0.717, 1.165) is 22.9 Å². The van der Waals surface area contributed by atoms with Crippen LogP contribution in [-0.2, 0) is 28.0 Å². The molecule has 3 aromatic heterocycles. The van der Waals surface area contributed by atoms with Crippen molar-refractivity contribution in [3.63, 3.8) is 0 Å². The molecule has 1 saturated carbocycles. The third kappa shape index (κ3) is 6.70. The number of carbonyl (C=O) groups is 2. The molecule has 2 aliphatic heterocycles. The van der Waals surface area contributed by atoms with Crippen LogP contribution in [-0.4, -0.2) is 95.2 Å². The first-order valence-electron chi connectivity index (χ1n) is 19.6. The number of halogens is 3. The lowest BCUT2D eigenvalue weighted by molar-refractivity contribution is -0.116. The smallest absolute Gasteiger partial charge is 0.279 e. The third-order valence-electron chi connectivity index (χ3n) is 12.2. The zero-order valence-electron chi connectivity index (χ0n) is 32.1. The van der Waals surface area contributed by atoms with Crippen molar-refractivity contribution in [2.45, 2.75) is 76.3 Å². The summed E-state index contributed by atoms with van der Waals surface area (Å²) in [5.74, 6) is -3.26. The Hall–Kier alpha value is -5.32. The van der Waals surface area contributed by atoms with Gasteiger partial charge in [0.25, 0.3) is 11.5 Å². The number of likely N-dealkylation sites (tertiary alicyclic amines) is 1. The molecule has 3 fully saturated rings. The molecule has 0 bridgehead atoms. The SMILES string of the molecule is Cc1ncnc(C(=O)N2CCC3(CC2)CC(C)c2c3c(=O)n3nc(-c4ccc(CN5CCOCC5)c(F)c4F)nc3n2CC(=O)Nc2ccc(C3CC3)cc2Cl)c1O. The predicted molar refractivity (Wildman–Crippen MR) is 209 cm³/mol. The van der Waals surface area contributed by atoms with E-state index in [1.54, 1.807) is 22.5 Å². The largest absolute Gasteiger partial charge is 0.504 e. The highest BCUT2D eigenvalue weighted by Crippen LogP contribution is 2.51. The standard InChI is InChI=1S/C41H42ClF2N9O5/c1-22-18-41(9-11-51(12-10-41)39(57)34-36(55)23(2)45-21-46-34)31-35(22)52(20-30(54)47-29-8-6-25(17-28(29)42)24-3-4-24)40-48-37(49-53(40)38(31)56)27-7-5-26(32(43)33(27)44)19-50-13-15-58-16-14-50/h5-8,17,21-22,24,55H,3-4,9-16,18-20H2,1-2H3,(H,47,54). The van der Waals surface area contributed by atoms with Gasteiger partial charge in [-0.15, -0.1) is 5.10 Å². The number of benzene rings is 2. The Kier molecular flexibility index (Phi) is 9.76. The maximum atomic E-state index is 15.9. The van der Waals surface area contributed by atoms with Crippen LogP contribution in [0.2, 0.25) is 5.02 Å². The minimum Gasteiger partial charge on any atom is -0.504 e. The van der Waals surface area contributed by atoms with Crippen molar-refractivity contribution in [1.29, 1.82) is 0 Å². The Morgan fingerprint density at radius 1 is 1.05 bits per heavy atom. The summed E-state index contributed by atoms with van der Waals surface area (Å²) in [6.45, 7) is 6.23. The fraction of sp³-hybridized carbons (Fsp3) is 0.439. The second kappa shape index (κ2) is 14.8. The fourth-order valence-corrected chi connectivity index (χ4v) is 9.26. The second-order valence-corrected chi connectivity index (χ2v) is 16.4. The van der Waals surface area contributed by atoms with Crippen LogP contribution in [0.15, 0.2) is 41.5 Å². The van der Waals surface area contributed by atoms with E-state index in [9.17, 15) is 19.5 Å². The van der Waals surface area contributed by atoms with Crippen molar-refractivity contribution in [1.82, 2.24) is 38.9 Å². The second-order valence-electron chi connectivity index (χ2n) is 16.0. The van der Waals surface area contributed by atoms with Crippen molar-refractivity contribution in [3.8, 4) is 17.1 Å². The quantitative estimate of drug-likeness (QED) is 0.210. The first-order valence-corrected chi connectivity index (χ1v) is 20.0. The maximum Gasteiger partial charge on any atom is 0.279 e. The van der Waals surface area contributed by atoms with Gasteiger partial charge in [0.2, 0.25) is 11.7 Å². The highest BCUT2D eigenvalue weighted by Gasteiger charge is 2.49. The Balaban J connectivity index is 1.09. The van der Waals surface area contributed by atoms with E-state index in [0.29, 0.717) is 73.5 Å². The average Bonchev–Trinajstić information content (AvgIpc) is 3.90. The first-order chi connectivity index (χ1) is 27.9. The van der Waals surface area contributed by atoms with Crippen LogP contribution in [0.5, 0.6) is 5.75 Å². The Labute approximate surface area is 336 Å². The number of aromatic nitrogens is 6. The molecule has 1 unspecified atom stereocenters. The summed E-state index contributed by atoms with van der Waals surface area (Å²) in [6, 6.07) is 8.52. The lowest BCUT2D eigenvalue weighted by Crippen LogP contribution is -2.46. The molecule has 2 aliphatic carbocycles. The lowest BCUT2D eigenvalue weighted by Gasteiger charge is -2.39. The van der Waals surface area contributed by atoms with Crippen molar-refractivity contribution in [2.24, 2.45) is 0 Å². The molecule has 9 rings (SSSR count). The molecule has 2 aromatic carbocycles. The van der Waals surface area contributed by atoms with Gasteiger partial charge in [0.05, 0.1) is 35.2 Å². The highest BCUT2D eigenvalue weighted by atomic mass is 35.5. The minimum absolute atomic E-state index is 0.00685. The van der Waals surface area contributed by atoms with Gasteiger partial charge >= 0.3 is 0 Å². The number of aryl methyl sites for hydroxylation is 1. The maximum absolute atomic E-state index is 15.9. The summed E-state index contributed by atoms with van der Waals surface area (Å²) in [7, 11) is 0. The molecule has 14 nitrogen and oxygen atoms in total. The number of nitrogens with zero attached hydrogens (tertiary/aromatic N) is 8. The van der Waals surface area contributed by atoms with Crippen molar-refractivity contribution < 1.29 is 28.2 Å². The monoisotopic (exact) mass is 813 g/mol. The van der Waals surface area contributed by atoms with Gasteiger partial charge in [-0.05, 0) is 74.6 Å². The van der Waals surface area contributed by atoms with E-state index < -0.39 is 34.4 Å². The molecule has 0 radical (unpaired) electrons. The van der Waals surface area contributed by atoms with Gasteiger partial charge in [0.15, 0.2) is 28.9 Å². The Morgan fingerprint density at radius 2 is 1.81 bits per heavy atom. The van der Waals surface area contributed by atoms with Gasteiger partial charge in [-0.2, -0.15) is 9.50 Å². The van der Waals surface area contributed by atoms with Crippen LogP contribution >= 0.6 is 11.6 Å². The van der Waals surface area contributed by atoms with E-state index in [2.05, 4.69) is 25.4 Å². The van der Waals surface area contributed by atoms with Crippen molar-refractivity contribution in [2.75, 3.05) is 44.7 Å². The molecular weight excluding hydrogens is 772 g/mol. The molecule has 302 valence electrons. The Bertz CT molecular complexity index is 2540. The van der Waals surface area contributed by atoms with Gasteiger partial charge in [-0.1, -0.05) is 30.7 Å². The number of fused-ring (bicyclic) bond motifs is 3. The predicted octanol–water partition coefficient (Wildman–Crippen LogP) is 5.32. The Morgan fingerprint density at radius 3 is 2.53 bits per heavy atom. The lowest BCUT2D eigenvalue weighted by atomic mass is 9.73. The zero-order valence-corrected chi connectivity index (χ0v) is 32.9. The number of aromatic hydroxyl groups is 1. The number of hydrogen-bond donors (Lipinski definition) is 2. The summed E-state index contributed by atoms with van der Waals surface area (Å²) in [5, 5.41) is 18.3. The fourth-order valence-electron chi connectivity index (χ4n) is 9.02. The highest BCUT2D eigenvalue weighted by molar-refractivity contribution is 6.33. The van der Waals surface area contributed by atoms with Crippen LogP contribution in [0, 0.1) is 18.6 Å². The number of amides is 2. The molecule has 1 atom stereocenters. The number of anilines is 1. The van der Waals surface area contributed by atoms with Crippen LogP contribution in [0.4, 0.5) is 14.5 Å². The van der Waals surface area contributed by atoms with Gasteiger partial charge < -0.3 is 24.6 Å². The molecule has 1 spiro atoms. The molecule has 5 heterocycles. The summed E-state index contributed by atoms with van der Waals surface area (Å²) in [6.07, 6.45) is 4.80. The molecular formula is C41H42ClF2N9O5. The van der Waals surface area contributed by atoms with Crippen LogP contribution in [0.3, 0.4) is 0 Å². The van der Waals surface area contributed by atoms with Crippen molar-refractivity contribution in [3.05, 3.63) is 97.4 Å². The van der Waals surface area contributed by atoms with Crippen LogP contribution < -0.4 is 10.9 Å². The normalized spacial score (nSPS) is 19.2. The third-order valence-corrected chi connectivity index (χ3v) is 12.5. The molecule has 2 saturated heterocycles. The number of carbonyl (C=O) groups excluding carboxylic acids is 2. The first kappa shape index (κ1) is 38.2. The van der Waals surface area contributed by atoms with Gasteiger partial charge in [0.1, 0.15) is 12.9 Å². The zero-order chi connectivity index (χ0) is 40.5. The van der Waals surface area contributed by atoms with E-state index >= 15 is 8.78 Å². The summed E-state index contributed by atoms with van der Waals surface area (Å²) in [5.41, 5.74) is 1.58. The summed E-state index contributed by atoms with van der Waals surface area (Å²) < 4.78 is 39.7. The molecule has 58 heavy (non-hydrogen) atoms. The van der Waals surface area contributed by atoms with Crippen molar-refractivity contribution >= 4 is 34.9 Å². The summed E-state index contributed by atoms with van der Waals surface area (Å²) in [4.78, 5) is 58.3. The van der Waals surface area contributed by atoms with Gasteiger partial charge in [-0.3, -0.25) is 19.3 Å². The van der Waals surface area contributed by atoms with Crippen LogP contribution in [0.25, 0.3) is 17.2 Å². The molecule has 17 heteroatoms. The molecule has 5 aromatic rings. The number of hydrogen-bond acceptors (Lipinski definition) is 10. The summed E-state index contributed by atoms with van der Waals surface area (Å²) >= 11 is 6.62. The minimum atomic E-state index is -1.14. The number of nitrogens with one attached hydrogen (secondary N) is 1. The number of ether oxygens (including phenoxy) is 1. The molecule has 4 aliphatic rings. The number of morpholine rings is 1. The number of piperidine rings is 1. The van der Waals surface area contributed by atoms with Gasteiger partial charge in [0, 0.05) is 55.0 Å². The van der Waals surface area contributed by atoms with Crippen LogP contribution in [0.1, 0.15) is 89.4 Å². The topological polar surface area (TPSA) is 160 Å². The van der Waals surface area contributed by atoms with E-state index in [-0.39, 0.29) is 72.0 Å². The van der Waals surface area contributed by atoms with E-state index in [4.69, 9.17) is 16.3 Å². The molecule has 2 amide bonds. The van der Waals surface area contributed by atoms with E-state index in [1.165, 1.54) is 18.5 Å². The van der Waals surface area contributed by atoms with Gasteiger partial charge in [-0.25, -0.2) is 18.7 Å².